The molecule has 0 radical (unpaired) electrons. The second-order valence-electron chi connectivity index (χ2n) is 7.40. The Hall–Kier alpha value is -4.02. The van der Waals surface area contributed by atoms with Crippen LogP contribution in [0.15, 0.2) is 60.9 Å². The van der Waals surface area contributed by atoms with Gasteiger partial charge in [-0.25, -0.2) is 19.9 Å². The molecule has 5 nitrogen and oxygen atoms in total. The van der Waals surface area contributed by atoms with Crippen molar-refractivity contribution in [3.05, 3.63) is 77.7 Å². The molecule has 2 heterocycles. The Balaban J connectivity index is 1.84. The van der Waals surface area contributed by atoms with Crippen LogP contribution in [-0.2, 0) is 12.4 Å². The highest BCUT2D eigenvalue weighted by Gasteiger charge is 2.35. The van der Waals surface area contributed by atoms with Crippen molar-refractivity contribution in [1.82, 2.24) is 19.9 Å². The van der Waals surface area contributed by atoms with Crippen molar-refractivity contribution in [2.75, 3.05) is 5.73 Å². The zero-order valence-corrected chi connectivity index (χ0v) is 17.4. The number of aromatic nitrogens is 4. The first-order valence-corrected chi connectivity index (χ1v) is 9.74. The number of anilines is 1. The quantitative estimate of drug-likeness (QED) is 0.357. The highest BCUT2D eigenvalue weighted by atomic mass is 19.4. The van der Waals surface area contributed by atoms with Gasteiger partial charge in [-0.2, -0.15) is 26.3 Å². The van der Waals surface area contributed by atoms with E-state index in [0.717, 1.165) is 18.2 Å². The average molecular weight is 475 g/mol. The molecule has 0 atom stereocenters. The van der Waals surface area contributed by atoms with Gasteiger partial charge in [0.25, 0.3) is 0 Å². The normalized spacial score (nSPS) is 12.1. The van der Waals surface area contributed by atoms with E-state index < -0.39 is 23.6 Å². The number of nitrogen functional groups attached to an aromatic ring is 1. The number of nitrogens with two attached hydrogens (primary N) is 1. The predicted molar refractivity (Wildman–Crippen MR) is 113 cm³/mol. The van der Waals surface area contributed by atoms with Crippen LogP contribution in [0.2, 0.25) is 0 Å². The largest absolute Gasteiger partial charge is 0.433 e. The third-order valence-corrected chi connectivity index (χ3v) is 4.97. The summed E-state index contributed by atoms with van der Waals surface area (Å²) in [4.78, 5) is 15.7. The zero-order valence-electron chi connectivity index (χ0n) is 17.4. The third-order valence-electron chi connectivity index (χ3n) is 4.97. The Bertz CT molecular complexity index is 1350. The number of hydrogen-bond donors (Lipinski definition) is 1. The monoisotopic (exact) mass is 475 g/mol. The molecule has 0 aliphatic heterocycles. The molecule has 4 rings (SSSR count). The van der Waals surface area contributed by atoms with Crippen molar-refractivity contribution in [1.29, 1.82) is 0 Å². The maximum Gasteiger partial charge on any atom is 0.433 e. The van der Waals surface area contributed by atoms with E-state index in [-0.39, 0.29) is 34.2 Å². The fraction of sp³-hybridized carbons (Fsp3) is 0.130. The summed E-state index contributed by atoms with van der Waals surface area (Å²) < 4.78 is 80.1. The van der Waals surface area contributed by atoms with Gasteiger partial charge in [0.1, 0.15) is 5.69 Å². The molecule has 2 N–H and O–H groups in total. The molecule has 0 saturated carbocycles. The van der Waals surface area contributed by atoms with Gasteiger partial charge in [0.2, 0.25) is 5.95 Å². The lowest BCUT2D eigenvalue weighted by Gasteiger charge is -2.14. The molecule has 2 aromatic heterocycles. The van der Waals surface area contributed by atoms with Crippen LogP contribution in [0.25, 0.3) is 33.8 Å². The number of alkyl halides is 6. The molecule has 0 amide bonds. The third kappa shape index (κ3) is 4.82. The summed E-state index contributed by atoms with van der Waals surface area (Å²) in [6.07, 6.45) is -6.45. The van der Waals surface area contributed by atoms with Crippen LogP contribution < -0.4 is 5.73 Å². The van der Waals surface area contributed by atoms with Gasteiger partial charge in [0, 0.05) is 29.1 Å². The molecule has 0 fully saturated rings. The van der Waals surface area contributed by atoms with Gasteiger partial charge in [-0.1, -0.05) is 24.3 Å². The molecule has 34 heavy (non-hydrogen) atoms. The lowest BCUT2D eigenvalue weighted by Crippen LogP contribution is -2.11. The number of benzene rings is 2. The Morgan fingerprint density at radius 1 is 0.706 bits per heavy atom. The van der Waals surface area contributed by atoms with Gasteiger partial charge in [0.15, 0.2) is 5.82 Å². The summed E-state index contributed by atoms with van der Waals surface area (Å²) in [5.74, 6) is -0.168. The number of rotatable bonds is 3. The molecule has 4 aromatic rings. The average Bonchev–Trinajstić information content (AvgIpc) is 2.78. The van der Waals surface area contributed by atoms with Crippen molar-refractivity contribution < 1.29 is 26.3 Å². The Morgan fingerprint density at radius 3 is 2.00 bits per heavy atom. The molecule has 0 aliphatic rings. The van der Waals surface area contributed by atoms with E-state index in [2.05, 4.69) is 19.9 Å². The maximum absolute atomic E-state index is 13.6. The van der Waals surface area contributed by atoms with Crippen molar-refractivity contribution in [2.24, 2.45) is 0 Å². The van der Waals surface area contributed by atoms with E-state index in [0.29, 0.717) is 17.2 Å². The summed E-state index contributed by atoms with van der Waals surface area (Å²) in [7, 11) is 0. The van der Waals surface area contributed by atoms with Gasteiger partial charge in [0.05, 0.1) is 11.3 Å². The number of aryl methyl sites for hydroxylation is 1. The van der Waals surface area contributed by atoms with Crippen LogP contribution in [0.5, 0.6) is 0 Å². The Labute approximate surface area is 189 Å². The van der Waals surface area contributed by atoms with Crippen LogP contribution in [0, 0.1) is 6.92 Å². The standard InChI is InChI=1S/C23H15F6N5/c1-12-7-14(5-6-17(12)22(24,25)26)18-9-19(23(27,28)29)34-20(33-18)15-4-2-3-13(8-15)16-10-31-21(30)32-11-16/h2-11H,1H3,(H2,30,31,32). The van der Waals surface area contributed by atoms with Crippen LogP contribution in [-0.4, -0.2) is 19.9 Å². The molecular formula is C23H15F6N5. The highest BCUT2D eigenvalue weighted by Crippen LogP contribution is 2.36. The van der Waals surface area contributed by atoms with E-state index in [1.165, 1.54) is 25.4 Å². The van der Waals surface area contributed by atoms with Gasteiger partial charge < -0.3 is 5.73 Å². The molecule has 0 bridgehead atoms. The Morgan fingerprint density at radius 2 is 1.38 bits per heavy atom. The van der Waals surface area contributed by atoms with Crippen molar-refractivity contribution >= 4 is 5.95 Å². The number of nitrogens with zero attached hydrogens (tertiary/aromatic N) is 4. The molecule has 0 spiro atoms. The topological polar surface area (TPSA) is 77.6 Å². The minimum atomic E-state index is -4.80. The predicted octanol–water partition coefficient (Wildman–Crippen LogP) is 6.20. The molecule has 174 valence electrons. The lowest BCUT2D eigenvalue weighted by atomic mass is 10.0. The molecular weight excluding hydrogens is 460 g/mol. The summed E-state index contributed by atoms with van der Waals surface area (Å²) in [6.45, 7) is 1.23. The van der Waals surface area contributed by atoms with Crippen LogP contribution in [0.4, 0.5) is 32.3 Å². The van der Waals surface area contributed by atoms with E-state index in [4.69, 9.17) is 5.73 Å². The zero-order chi connectivity index (χ0) is 24.7. The van der Waals surface area contributed by atoms with Crippen LogP contribution in [0.1, 0.15) is 16.8 Å². The summed E-state index contributed by atoms with van der Waals surface area (Å²) in [6, 6.07) is 10.2. The number of hydrogen-bond acceptors (Lipinski definition) is 5. The van der Waals surface area contributed by atoms with Crippen molar-refractivity contribution in [2.45, 2.75) is 19.3 Å². The van der Waals surface area contributed by atoms with Crippen molar-refractivity contribution in [3.63, 3.8) is 0 Å². The summed E-state index contributed by atoms with van der Waals surface area (Å²) in [5.41, 5.74) is 4.63. The van der Waals surface area contributed by atoms with Crippen molar-refractivity contribution in [3.8, 4) is 33.8 Å². The molecule has 0 aliphatic carbocycles. The Kier molecular flexibility index (Phi) is 5.72. The van der Waals surface area contributed by atoms with Gasteiger partial charge in [-0.3, -0.25) is 0 Å². The van der Waals surface area contributed by atoms with E-state index in [1.54, 1.807) is 18.2 Å². The van der Waals surface area contributed by atoms with Gasteiger partial charge in [-0.15, -0.1) is 0 Å². The first kappa shape index (κ1) is 23.1. The maximum atomic E-state index is 13.6. The van der Waals surface area contributed by atoms with E-state index >= 15 is 0 Å². The van der Waals surface area contributed by atoms with E-state index in [1.807, 2.05) is 0 Å². The summed E-state index contributed by atoms with van der Waals surface area (Å²) in [5, 5.41) is 0. The fourth-order valence-electron chi connectivity index (χ4n) is 3.34. The smallest absolute Gasteiger partial charge is 0.368 e. The van der Waals surface area contributed by atoms with Crippen LogP contribution in [0.3, 0.4) is 0 Å². The van der Waals surface area contributed by atoms with Gasteiger partial charge in [-0.05, 0) is 42.3 Å². The minimum Gasteiger partial charge on any atom is -0.368 e. The minimum absolute atomic E-state index is 0.0672. The highest BCUT2D eigenvalue weighted by molar-refractivity contribution is 5.71. The molecule has 11 heteroatoms. The second-order valence-corrected chi connectivity index (χ2v) is 7.40. The molecule has 0 saturated heterocycles. The number of halogens is 6. The SMILES string of the molecule is Cc1cc(-c2cc(C(F)(F)F)nc(-c3cccc(-c4cnc(N)nc4)c3)n2)ccc1C(F)(F)F. The van der Waals surface area contributed by atoms with Gasteiger partial charge >= 0.3 is 12.4 Å². The van der Waals surface area contributed by atoms with Crippen LogP contribution >= 0.6 is 0 Å². The first-order chi connectivity index (χ1) is 15.9. The fourth-order valence-corrected chi connectivity index (χ4v) is 3.34. The first-order valence-electron chi connectivity index (χ1n) is 9.74. The van der Waals surface area contributed by atoms with E-state index in [9.17, 15) is 26.3 Å². The lowest BCUT2D eigenvalue weighted by molar-refractivity contribution is -0.141. The second kappa shape index (κ2) is 8.40. The molecule has 0 unspecified atom stereocenters. The molecule has 2 aromatic carbocycles. The summed E-state index contributed by atoms with van der Waals surface area (Å²) >= 11 is 0.